The van der Waals surface area contributed by atoms with E-state index in [-0.39, 0.29) is 6.10 Å². The molecule has 0 heterocycles. The highest BCUT2D eigenvalue weighted by Crippen LogP contribution is 2.38. The van der Waals surface area contributed by atoms with Crippen molar-refractivity contribution >= 4 is 0 Å². The Labute approximate surface area is 122 Å². The first kappa shape index (κ1) is 14.1. The van der Waals surface area contributed by atoms with Crippen LogP contribution in [0, 0.1) is 0 Å². The van der Waals surface area contributed by atoms with Crippen molar-refractivity contribution < 1.29 is 5.11 Å². The van der Waals surface area contributed by atoms with E-state index in [1.165, 1.54) is 66.3 Å². The van der Waals surface area contributed by atoms with Gasteiger partial charge in [0.05, 0.1) is 6.10 Å². The summed E-state index contributed by atoms with van der Waals surface area (Å²) in [6.45, 7) is 7.18. The molecular weight excluding hydrogens is 246 g/mol. The van der Waals surface area contributed by atoms with Gasteiger partial charge in [-0.2, -0.15) is 0 Å². The first-order valence-corrected chi connectivity index (χ1v) is 8.31. The lowest BCUT2D eigenvalue weighted by Crippen LogP contribution is -2.29. The minimum absolute atomic E-state index is 0.296. The number of fused-ring (bicyclic) bond motifs is 2. The average Bonchev–Trinajstić information content (AvgIpc) is 3.09. The molecular formula is C18H27NO. The summed E-state index contributed by atoms with van der Waals surface area (Å²) in [7, 11) is 0. The summed E-state index contributed by atoms with van der Waals surface area (Å²) in [6, 6.07) is 2.44. The van der Waals surface area contributed by atoms with Gasteiger partial charge in [-0.15, -0.1) is 0 Å². The van der Waals surface area contributed by atoms with Crippen LogP contribution >= 0.6 is 0 Å². The van der Waals surface area contributed by atoms with E-state index < -0.39 is 0 Å². The number of rotatable bonds is 5. The van der Waals surface area contributed by atoms with Crippen LogP contribution in [0.3, 0.4) is 0 Å². The molecule has 2 nitrogen and oxygen atoms in total. The van der Waals surface area contributed by atoms with Crippen molar-refractivity contribution in [2.24, 2.45) is 0 Å². The summed E-state index contributed by atoms with van der Waals surface area (Å²) in [5.41, 5.74) is 7.36. The van der Waals surface area contributed by atoms with Crippen LogP contribution < -0.4 is 0 Å². The number of likely N-dealkylation sites (N-methyl/N-ethyl adjacent to an activating group) is 1. The van der Waals surface area contributed by atoms with Crippen LogP contribution in [-0.2, 0) is 25.7 Å². The molecule has 2 aliphatic carbocycles. The first-order chi connectivity index (χ1) is 9.74. The Bertz CT molecular complexity index is 458. The summed E-state index contributed by atoms with van der Waals surface area (Å²) < 4.78 is 0. The lowest BCUT2D eigenvalue weighted by Gasteiger charge is -2.25. The number of hydrogen-bond acceptors (Lipinski definition) is 2. The van der Waals surface area contributed by atoms with Crippen LogP contribution in [0.4, 0.5) is 0 Å². The maximum Gasteiger partial charge on any atom is 0.0922 e. The van der Waals surface area contributed by atoms with E-state index >= 15 is 0 Å². The van der Waals surface area contributed by atoms with Crippen molar-refractivity contribution in [3.8, 4) is 0 Å². The molecule has 0 radical (unpaired) electrons. The fourth-order valence-corrected chi connectivity index (χ4v) is 4.08. The Balaban J connectivity index is 1.96. The monoisotopic (exact) mass is 273 g/mol. The number of hydrogen-bond donors (Lipinski definition) is 1. The molecule has 20 heavy (non-hydrogen) atoms. The van der Waals surface area contributed by atoms with Gasteiger partial charge in [0.2, 0.25) is 0 Å². The summed E-state index contributed by atoms with van der Waals surface area (Å²) in [5, 5.41) is 10.8. The zero-order chi connectivity index (χ0) is 14.1. The maximum atomic E-state index is 10.8. The zero-order valence-corrected chi connectivity index (χ0v) is 12.9. The van der Waals surface area contributed by atoms with Gasteiger partial charge in [-0.05, 0) is 79.4 Å². The number of aliphatic hydroxyl groups excluding tert-OH is 1. The van der Waals surface area contributed by atoms with E-state index in [9.17, 15) is 5.11 Å². The molecule has 2 aliphatic rings. The molecule has 0 bridgehead atoms. The third-order valence-corrected chi connectivity index (χ3v) is 5.18. The van der Waals surface area contributed by atoms with E-state index in [2.05, 4.69) is 24.8 Å². The third-order valence-electron chi connectivity index (χ3n) is 5.18. The van der Waals surface area contributed by atoms with Crippen molar-refractivity contribution in [1.29, 1.82) is 0 Å². The SMILES string of the molecule is CCN(CC)CC(O)c1c2c(cc3c1CCC3)CCC2. The summed E-state index contributed by atoms with van der Waals surface area (Å²) in [5.74, 6) is 0. The van der Waals surface area contributed by atoms with Crippen molar-refractivity contribution in [3.05, 3.63) is 33.9 Å². The van der Waals surface area contributed by atoms with Gasteiger partial charge in [-0.3, -0.25) is 0 Å². The summed E-state index contributed by atoms with van der Waals surface area (Å²) in [4.78, 5) is 2.33. The highest BCUT2D eigenvalue weighted by molar-refractivity contribution is 5.51. The molecule has 0 aliphatic heterocycles. The molecule has 3 rings (SSSR count). The van der Waals surface area contributed by atoms with E-state index in [0.717, 1.165) is 19.6 Å². The summed E-state index contributed by atoms with van der Waals surface area (Å²) in [6.07, 6.45) is 7.02. The van der Waals surface area contributed by atoms with E-state index in [4.69, 9.17) is 0 Å². The van der Waals surface area contributed by atoms with Gasteiger partial charge in [0.25, 0.3) is 0 Å². The molecule has 1 unspecified atom stereocenters. The maximum absolute atomic E-state index is 10.8. The number of nitrogens with zero attached hydrogens (tertiary/aromatic N) is 1. The third kappa shape index (κ3) is 2.40. The number of aliphatic hydroxyl groups is 1. The second-order valence-electron chi connectivity index (χ2n) is 6.27. The molecule has 0 saturated heterocycles. The van der Waals surface area contributed by atoms with Crippen LogP contribution in [0.5, 0.6) is 0 Å². The second kappa shape index (κ2) is 5.87. The highest BCUT2D eigenvalue weighted by Gasteiger charge is 2.27. The minimum Gasteiger partial charge on any atom is -0.387 e. The molecule has 1 N–H and O–H groups in total. The molecule has 0 saturated carbocycles. The largest absolute Gasteiger partial charge is 0.387 e. The Kier molecular flexibility index (Phi) is 4.13. The first-order valence-electron chi connectivity index (χ1n) is 8.31. The van der Waals surface area contributed by atoms with Crippen molar-refractivity contribution in [3.63, 3.8) is 0 Å². The van der Waals surface area contributed by atoms with Gasteiger partial charge in [-0.1, -0.05) is 19.9 Å². The lowest BCUT2D eigenvalue weighted by atomic mass is 9.90. The molecule has 0 fully saturated rings. The molecule has 1 aromatic carbocycles. The van der Waals surface area contributed by atoms with E-state index in [1.807, 2.05) is 0 Å². The molecule has 2 heteroatoms. The standard InChI is InChI=1S/C18H27NO/c1-3-19(4-2)12-17(20)18-15-9-5-7-13(15)11-14-8-6-10-16(14)18/h11,17,20H,3-10,12H2,1-2H3. The van der Waals surface area contributed by atoms with E-state index in [0.29, 0.717) is 0 Å². The Morgan fingerprint density at radius 2 is 1.55 bits per heavy atom. The molecule has 1 atom stereocenters. The fourth-order valence-electron chi connectivity index (χ4n) is 4.08. The van der Waals surface area contributed by atoms with Gasteiger partial charge in [-0.25, -0.2) is 0 Å². The fraction of sp³-hybridized carbons (Fsp3) is 0.667. The zero-order valence-electron chi connectivity index (χ0n) is 12.9. The van der Waals surface area contributed by atoms with Gasteiger partial charge in [0.15, 0.2) is 0 Å². The van der Waals surface area contributed by atoms with Crippen LogP contribution in [0.15, 0.2) is 6.07 Å². The van der Waals surface area contributed by atoms with Gasteiger partial charge >= 0.3 is 0 Å². The van der Waals surface area contributed by atoms with Crippen molar-refractivity contribution in [2.75, 3.05) is 19.6 Å². The predicted molar refractivity (Wildman–Crippen MR) is 83.2 cm³/mol. The minimum atomic E-state index is -0.296. The average molecular weight is 273 g/mol. The van der Waals surface area contributed by atoms with Gasteiger partial charge in [0.1, 0.15) is 0 Å². The topological polar surface area (TPSA) is 23.5 Å². The molecule has 0 amide bonds. The number of benzene rings is 1. The summed E-state index contributed by atoms with van der Waals surface area (Å²) >= 11 is 0. The van der Waals surface area contributed by atoms with Crippen LogP contribution in [-0.4, -0.2) is 29.6 Å². The van der Waals surface area contributed by atoms with E-state index in [1.54, 1.807) is 0 Å². The Morgan fingerprint density at radius 3 is 2.05 bits per heavy atom. The van der Waals surface area contributed by atoms with Crippen molar-refractivity contribution in [1.82, 2.24) is 4.90 Å². The normalized spacial score (nSPS) is 18.4. The molecule has 110 valence electrons. The van der Waals surface area contributed by atoms with Crippen LogP contribution in [0.1, 0.15) is 60.6 Å². The predicted octanol–water partition coefficient (Wildman–Crippen LogP) is 3.04. The molecule has 0 spiro atoms. The van der Waals surface area contributed by atoms with Crippen molar-refractivity contribution in [2.45, 2.75) is 58.5 Å². The Morgan fingerprint density at radius 1 is 1.00 bits per heavy atom. The Hall–Kier alpha value is -0.860. The molecule has 0 aromatic heterocycles. The number of aryl methyl sites for hydroxylation is 2. The van der Waals surface area contributed by atoms with Gasteiger partial charge < -0.3 is 10.0 Å². The molecule has 1 aromatic rings. The van der Waals surface area contributed by atoms with Gasteiger partial charge in [0, 0.05) is 6.54 Å². The quantitative estimate of drug-likeness (QED) is 0.891. The second-order valence-corrected chi connectivity index (χ2v) is 6.27. The lowest BCUT2D eigenvalue weighted by molar-refractivity contribution is 0.117. The smallest absolute Gasteiger partial charge is 0.0922 e. The van der Waals surface area contributed by atoms with Crippen LogP contribution in [0.2, 0.25) is 0 Å². The highest BCUT2D eigenvalue weighted by atomic mass is 16.3. The van der Waals surface area contributed by atoms with Crippen LogP contribution in [0.25, 0.3) is 0 Å².